The van der Waals surface area contributed by atoms with Gasteiger partial charge in [0.05, 0.1) is 5.56 Å². The van der Waals surface area contributed by atoms with Gasteiger partial charge in [0.15, 0.2) is 11.5 Å². The molecule has 1 aromatic carbocycles. The predicted molar refractivity (Wildman–Crippen MR) is 87.5 cm³/mol. The minimum atomic E-state index is -0.906. The van der Waals surface area contributed by atoms with Gasteiger partial charge in [-0.25, -0.2) is 4.79 Å². The molecule has 1 unspecified atom stereocenters. The van der Waals surface area contributed by atoms with Crippen molar-refractivity contribution in [2.24, 2.45) is 0 Å². The fourth-order valence-electron chi connectivity index (χ4n) is 3.80. The summed E-state index contributed by atoms with van der Waals surface area (Å²) in [6.07, 6.45) is 3.99. The summed E-state index contributed by atoms with van der Waals surface area (Å²) in [4.78, 5) is 13.9. The quantitative estimate of drug-likeness (QED) is 0.925. The van der Waals surface area contributed by atoms with Gasteiger partial charge in [-0.05, 0) is 58.7 Å². The Morgan fingerprint density at radius 1 is 1.17 bits per heavy atom. The normalized spacial score (nSPS) is 26.6. The Labute approximate surface area is 137 Å². The first-order valence-electron chi connectivity index (χ1n) is 8.29. The molecule has 0 bridgehead atoms. The summed E-state index contributed by atoms with van der Waals surface area (Å²) in [6, 6.07) is 2.42. The van der Waals surface area contributed by atoms with Crippen LogP contribution >= 0.6 is 0 Å². The lowest BCUT2D eigenvalue weighted by Crippen LogP contribution is -2.31. The number of benzene rings is 1. The lowest BCUT2D eigenvalue weighted by Gasteiger charge is -2.33. The molecule has 5 heteroatoms. The van der Waals surface area contributed by atoms with Crippen molar-refractivity contribution < 1.29 is 19.4 Å². The highest BCUT2D eigenvalue weighted by Gasteiger charge is 2.33. The third kappa shape index (κ3) is 2.90. The van der Waals surface area contributed by atoms with Crippen molar-refractivity contribution in [3.63, 3.8) is 0 Å². The topological polar surface area (TPSA) is 59.0 Å². The number of fused-ring (bicyclic) bond motifs is 1. The van der Waals surface area contributed by atoms with Crippen LogP contribution in [0.25, 0.3) is 0 Å². The Morgan fingerprint density at radius 3 is 2.35 bits per heavy atom. The summed E-state index contributed by atoms with van der Waals surface area (Å²) in [5.41, 5.74) is 1.98. The highest BCUT2D eigenvalue weighted by atomic mass is 16.7. The van der Waals surface area contributed by atoms with Gasteiger partial charge in [0.25, 0.3) is 0 Å². The van der Waals surface area contributed by atoms with E-state index in [4.69, 9.17) is 9.47 Å². The smallest absolute Gasteiger partial charge is 0.336 e. The molecule has 5 nitrogen and oxygen atoms in total. The van der Waals surface area contributed by atoms with Crippen molar-refractivity contribution in [1.82, 2.24) is 4.90 Å². The van der Waals surface area contributed by atoms with E-state index < -0.39 is 5.97 Å². The molecule has 1 aromatic rings. The van der Waals surface area contributed by atoms with Gasteiger partial charge < -0.3 is 19.5 Å². The van der Waals surface area contributed by atoms with Crippen molar-refractivity contribution >= 4 is 5.97 Å². The third-order valence-electron chi connectivity index (χ3n) is 5.18. The largest absolute Gasteiger partial charge is 0.478 e. The van der Waals surface area contributed by atoms with E-state index >= 15 is 0 Å². The van der Waals surface area contributed by atoms with Gasteiger partial charge >= 0.3 is 5.97 Å². The fourth-order valence-corrected chi connectivity index (χ4v) is 3.80. The molecule has 1 heterocycles. The Hall–Kier alpha value is -1.75. The maximum absolute atomic E-state index is 11.6. The summed E-state index contributed by atoms with van der Waals surface area (Å²) in [5, 5.41) is 9.50. The molecule has 1 N–H and O–H groups in total. The molecule has 0 saturated heterocycles. The molecular formula is C18H25NO4. The summed E-state index contributed by atoms with van der Waals surface area (Å²) >= 11 is 0. The van der Waals surface area contributed by atoms with Crippen molar-refractivity contribution in [3.8, 4) is 11.5 Å². The van der Waals surface area contributed by atoms with E-state index in [1.807, 2.05) is 6.92 Å². The van der Waals surface area contributed by atoms with Gasteiger partial charge in [-0.2, -0.15) is 0 Å². The lowest BCUT2D eigenvalue weighted by molar-refractivity contribution is 0.0656. The van der Waals surface area contributed by atoms with E-state index in [9.17, 15) is 9.90 Å². The molecule has 1 aliphatic carbocycles. The average molecular weight is 319 g/mol. The maximum atomic E-state index is 11.6. The molecule has 0 aromatic heterocycles. The Balaban J connectivity index is 1.95. The number of carboxylic acid groups (broad SMARTS) is 1. The van der Waals surface area contributed by atoms with Crippen molar-refractivity contribution in [1.29, 1.82) is 0 Å². The standard InChI is InChI=1S/C18H25NO4/c1-10-14(18(20)21)9-15(17-16(10)22-11(2)23-17)12-5-7-13(8-6-12)19(3)4/h9,11-13H,5-8H2,1-4H3,(H,20,21). The van der Waals surface area contributed by atoms with Crippen LogP contribution in [0.2, 0.25) is 0 Å². The van der Waals surface area contributed by atoms with Gasteiger partial charge in [-0.3, -0.25) is 0 Å². The van der Waals surface area contributed by atoms with Crippen LogP contribution in [0.1, 0.15) is 60.0 Å². The minimum Gasteiger partial charge on any atom is -0.478 e. The first-order valence-corrected chi connectivity index (χ1v) is 8.29. The zero-order valence-electron chi connectivity index (χ0n) is 14.3. The zero-order valence-corrected chi connectivity index (χ0v) is 14.3. The highest BCUT2D eigenvalue weighted by molar-refractivity contribution is 5.91. The van der Waals surface area contributed by atoms with E-state index in [-0.39, 0.29) is 6.29 Å². The molecule has 1 atom stereocenters. The number of ether oxygens (including phenoxy) is 2. The van der Waals surface area contributed by atoms with Crippen molar-refractivity contribution in [2.45, 2.75) is 57.8 Å². The number of rotatable bonds is 3. The summed E-state index contributed by atoms with van der Waals surface area (Å²) in [5.74, 6) is 0.805. The monoisotopic (exact) mass is 319 g/mol. The first-order chi connectivity index (χ1) is 10.9. The summed E-state index contributed by atoms with van der Waals surface area (Å²) < 4.78 is 11.6. The molecule has 1 fully saturated rings. The predicted octanol–water partition coefficient (Wildman–Crippen LogP) is 3.40. The first kappa shape index (κ1) is 16.1. The van der Waals surface area contributed by atoms with Gasteiger partial charge in [-0.15, -0.1) is 0 Å². The highest BCUT2D eigenvalue weighted by Crippen LogP contribution is 2.48. The Morgan fingerprint density at radius 2 is 1.78 bits per heavy atom. The summed E-state index contributed by atoms with van der Waals surface area (Å²) in [6.45, 7) is 3.63. The SMILES string of the molecule is Cc1c(C(=O)O)cc(C2CCC(N(C)C)CC2)c2c1OC(C)O2. The van der Waals surface area contributed by atoms with Crippen LogP contribution < -0.4 is 9.47 Å². The van der Waals surface area contributed by atoms with Crippen LogP contribution in [0.15, 0.2) is 6.07 Å². The van der Waals surface area contributed by atoms with E-state index in [2.05, 4.69) is 19.0 Å². The Bertz CT molecular complexity index is 618. The van der Waals surface area contributed by atoms with Gasteiger partial charge in [-0.1, -0.05) is 0 Å². The number of hydrogen-bond acceptors (Lipinski definition) is 4. The van der Waals surface area contributed by atoms with Crippen LogP contribution in [0.4, 0.5) is 0 Å². The molecule has 126 valence electrons. The van der Waals surface area contributed by atoms with Crippen LogP contribution in [-0.4, -0.2) is 42.4 Å². The van der Waals surface area contributed by atoms with Crippen molar-refractivity contribution in [2.75, 3.05) is 14.1 Å². The molecule has 2 aliphatic rings. The third-order valence-corrected chi connectivity index (χ3v) is 5.18. The molecule has 0 amide bonds. The van der Waals surface area contributed by atoms with Crippen molar-refractivity contribution in [3.05, 3.63) is 22.8 Å². The van der Waals surface area contributed by atoms with E-state index in [0.29, 0.717) is 28.8 Å². The van der Waals surface area contributed by atoms with E-state index in [1.54, 1.807) is 13.0 Å². The molecule has 23 heavy (non-hydrogen) atoms. The fraction of sp³-hybridized carbons (Fsp3) is 0.611. The zero-order chi connectivity index (χ0) is 16.7. The van der Waals surface area contributed by atoms with Gasteiger partial charge in [0.2, 0.25) is 6.29 Å². The van der Waals surface area contributed by atoms with Crippen LogP contribution in [0, 0.1) is 6.92 Å². The second kappa shape index (κ2) is 6.04. The number of hydrogen-bond donors (Lipinski definition) is 1. The molecule has 0 spiro atoms. The van der Waals surface area contributed by atoms with Crippen LogP contribution in [0.3, 0.4) is 0 Å². The number of nitrogens with zero attached hydrogens (tertiary/aromatic N) is 1. The van der Waals surface area contributed by atoms with Crippen LogP contribution in [-0.2, 0) is 0 Å². The molecule has 1 saturated carbocycles. The van der Waals surface area contributed by atoms with Gasteiger partial charge in [0, 0.05) is 24.1 Å². The van der Waals surface area contributed by atoms with Crippen LogP contribution in [0.5, 0.6) is 11.5 Å². The molecular weight excluding hydrogens is 294 g/mol. The second-order valence-corrected chi connectivity index (χ2v) is 6.87. The minimum absolute atomic E-state index is 0.325. The number of carboxylic acids is 1. The number of aromatic carboxylic acids is 1. The van der Waals surface area contributed by atoms with E-state index in [0.717, 1.165) is 37.0 Å². The van der Waals surface area contributed by atoms with E-state index in [1.165, 1.54) is 0 Å². The average Bonchev–Trinajstić information content (AvgIpc) is 2.89. The summed E-state index contributed by atoms with van der Waals surface area (Å²) in [7, 11) is 4.24. The van der Waals surface area contributed by atoms with Gasteiger partial charge in [0.1, 0.15) is 0 Å². The number of carbonyl (C=O) groups is 1. The molecule has 0 radical (unpaired) electrons. The Kier molecular flexibility index (Phi) is 4.23. The lowest BCUT2D eigenvalue weighted by atomic mass is 9.80. The second-order valence-electron chi connectivity index (χ2n) is 6.87. The molecule has 1 aliphatic heterocycles. The maximum Gasteiger partial charge on any atom is 0.336 e. The molecule has 3 rings (SSSR count).